The van der Waals surface area contributed by atoms with Crippen molar-refractivity contribution < 1.29 is 9.53 Å². The first-order chi connectivity index (χ1) is 13.5. The number of carbonyl (C=O) groups is 1. The zero-order valence-corrected chi connectivity index (χ0v) is 18.2. The number of nitrogens with zero attached hydrogens (tertiary/aromatic N) is 3. The molecule has 1 aromatic carbocycles. The molecule has 1 aliphatic heterocycles. The highest BCUT2D eigenvalue weighted by molar-refractivity contribution is 9.10. The van der Waals surface area contributed by atoms with Crippen LogP contribution >= 0.6 is 38.6 Å². The van der Waals surface area contributed by atoms with Crippen LogP contribution in [-0.2, 0) is 4.79 Å². The highest BCUT2D eigenvalue weighted by atomic mass is 79.9. The minimum atomic E-state index is -0.00838. The van der Waals surface area contributed by atoms with Gasteiger partial charge in [-0.3, -0.25) is 4.79 Å². The van der Waals surface area contributed by atoms with Gasteiger partial charge in [0.05, 0.1) is 23.0 Å². The van der Waals surface area contributed by atoms with Crippen LogP contribution in [-0.4, -0.2) is 27.8 Å². The number of amides is 1. The summed E-state index contributed by atoms with van der Waals surface area (Å²) in [4.78, 5) is 18.3. The summed E-state index contributed by atoms with van der Waals surface area (Å²) < 4.78 is 9.11. The zero-order valence-electron chi connectivity index (χ0n) is 15.0. The molecule has 142 valence electrons. The van der Waals surface area contributed by atoms with Crippen LogP contribution in [0.5, 0.6) is 5.75 Å². The first kappa shape index (κ1) is 17.8. The molecular formula is C19H15BrN4O2S2. The molecule has 0 saturated heterocycles. The van der Waals surface area contributed by atoms with E-state index < -0.39 is 0 Å². The van der Waals surface area contributed by atoms with Crippen LogP contribution < -0.4 is 10.1 Å². The standard InChI is InChI=1S/C19H15BrN4O2S2/c1-9-17-12(14-5-10(20)8-27-14)7-16(25)22-18(17)24(23-9)19-21-13-4-3-11(26-2)6-15(13)28-19/h3-6,8,12H,7H2,1-2H3,(H,22,25)/t12-/m0/s1. The summed E-state index contributed by atoms with van der Waals surface area (Å²) in [5.41, 5.74) is 2.84. The van der Waals surface area contributed by atoms with Crippen LogP contribution in [0.4, 0.5) is 5.82 Å². The Morgan fingerprint density at radius 1 is 1.36 bits per heavy atom. The average Bonchev–Trinajstić information content (AvgIpc) is 3.37. The Morgan fingerprint density at radius 2 is 2.21 bits per heavy atom. The maximum absolute atomic E-state index is 12.5. The van der Waals surface area contributed by atoms with Gasteiger partial charge in [-0.2, -0.15) is 9.78 Å². The molecule has 28 heavy (non-hydrogen) atoms. The number of halogens is 1. The number of methoxy groups -OCH3 is 1. The third kappa shape index (κ3) is 2.85. The molecule has 0 spiro atoms. The van der Waals surface area contributed by atoms with Crippen molar-refractivity contribution in [1.29, 1.82) is 0 Å². The lowest BCUT2D eigenvalue weighted by molar-refractivity contribution is -0.116. The molecular weight excluding hydrogens is 460 g/mol. The van der Waals surface area contributed by atoms with Gasteiger partial charge >= 0.3 is 0 Å². The van der Waals surface area contributed by atoms with Gasteiger partial charge in [0, 0.05) is 32.6 Å². The zero-order chi connectivity index (χ0) is 19.4. The van der Waals surface area contributed by atoms with E-state index in [2.05, 4.69) is 27.3 Å². The van der Waals surface area contributed by atoms with Crippen molar-refractivity contribution in [3.8, 4) is 10.9 Å². The topological polar surface area (TPSA) is 69.0 Å². The van der Waals surface area contributed by atoms with Crippen molar-refractivity contribution >= 4 is 60.5 Å². The molecule has 4 heterocycles. The summed E-state index contributed by atoms with van der Waals surface area (Å²) in [6.07, 6.45) is 0.420. The molecule has 0 saturated carbocycles. The third-order valence-electron chi connectivity index (χ3n) is 4.80. The molecule has 0 radical (unpaired) electrons. The number of rotatable bonds is 3. The maximum atomic E-state index is 12.5. The van der Waals surface area contributed by atoms with Crippen LogP contribution in [0, 0.1) is 6.92 Å². The lowest BCUT2D eigenvalue weighted by Gasteiger charge is -2.22. The second-order valence-electron chi connectivity index (χ2n) is 6.56. The largest absolute Gasteiger partial charge is 0.497 e. The fraction of sp³-hybridized carbons (Fsp3) is 0.211. The van der Waals surface area contributed by atoms with E-state index in [0.717, 1.165) is 41.7 Å². The summed E-state index contributed by atoms with van der Waals surface area (Å²) >= 11 is 6.69. The lowest BCUT2D eigenvalue weighted by atomic mass is 9.91. The normalized spacial score (nSPS) is 16.2. The number of anilines is 1. The summed E-state index contributed by atoms with van der Waals surface area (Å²) in [5, 5.41) is 10.5. The molecule has 0 bridgehead atoms. The van der Waals surface area contributed by atoms with E-state index in [1.54, 1.807) is 23.1 Å². The molecule has 5 rings (SSSR count). The SMILES string of the molecule is COc1ccc2nc(-n3nc(C)c4c3NC(=O)C[C@H]4c3cc(Br)cs3)sc2c1. The number of ether oxygens (including phenoxy) is 1. The van der Waals surface area contributed by atoms with Crippen molar-refractivity contribution in [1.82, 2.24) is 14.8 Å². The molecule has 3 aromatic heterocycles. The number of nitrogens with one attached hydrogen (secondary N) is 1. The molecule has 0 aliphatic carbocycles. The van der Waals surface area contributed by atoms with E-state index in [0.29, 0.717) is 12.2 Å². The average molecular weight is 475 g/mol. The number of hydrogen-bond donors (Lipinski definition) is 1. The number of fused-ring (bicyclic) bond motifs is 2. The van der Waals surface area contributed by atoms with Gasteiger partial charge in [0.15, 0.2) is 0 Å². The van der Waals surface area contributed by atoms with Gasteiger partial charge in [0.1, 0.15) is 11.6 Å². The molecule has 9 heteroatoms. The number of thiazole rings is 1. The maximum Gasteiger partial charge on any atom is 0.226 e. The quantitative estimate of drug-likeness (QED) is 0.448. The van der Waals surface area contributed by atoms with E-state index in [-0.39, 0.29) is 11.8 Å². The number of hydrogen-bond acceptors (Lipinski definition) is 6. The molecule has 0 fully saturated rings. The van der Waals surface area contributed by atoms with E-state index in [4.69, 9.17) is 14.8 Å². The van der Waals surface area contributed by atoms with Crippen molar-refractivity contribution in [2.75, 3.05) is 12.4 Å². The highest BCUT2D eigenvalue weighted by Crippen LogP contribution is 2.43. The first-order valence-corrected chi connectivity index (χ1v) is 11.1. The summed E-state index contributed by atoms with van der Waals surface area (Å²) in [6, 6.07) is 7.87. The number of aromatic nitrogens is 3. The van der Waals surface area contributed by atoms with Gasteiger partial charge in [-0.15, -0.1) is 11.3 Å². The molecule has 1 atom stereocenters. The van der Waals surface area contributed by atoms with Gasteiger partial charge in [-0.1, -0.05) is 11.3 Å². The highest BCUT2D eigenvalue weighted by Gasteiger charge is 2.34. The van der Waals surface area contributed by atoms with Crippen molar-refractivity contribution in [2.45, 2.75) is 19.3 Å². The Hall–Kier alpha value is -2.23. The van der Waals surface area contributed by atoms with Gasteiger partial charge in [-0.25, -0.2) is 4.98 Å². The van der Waals surface area contributed by atoms with Crippen LogP contribution in [0.25, 0.3) is 15.3 Å². The Labute approximate surface area is 177 Å². The number of carbonyl (C=O) groups excluding carboxylic acids is 1. The fourth-order valence-corrected chi connectivity index (χ4v) is 6.06. The predicted octanol–water partition coefficient (Wildman–Crippen LogP) is 5.10. The van der Waals surface area contributed by atoms with Gasteiger partial charge < -0.3 is 10.1 Å². The van der Waals surface area contributed by atoms with Crippen molar-refractivity contribution in [2.24, 2.45) is 0 Å². The monoisotopic (exact) mass is 474 g/mol. The Balaban J connectivity index is 1.66. The Bertz CT molecular complexity index is 1230. The minimum absolute atomic E-state index is 0.00303. The van der Waals surface area contributed by atoms with Gasteiger partial charge in [0.2, 0.25) is 11.0 Å². The van der Waals surface area contributed by atoms with Crippen molar-refractivity contribution in [3.63, 3.8) is 0 Å². The minimum Gasteiger partial charge on any atom is -0.497 e. The first-order valence-electron chi connectivity index (χ1n) is 8.61. The number of thiophene rings is 1. The van der Waals surface area contributed by atoms with Crippen LogP contribution in [0.15, 0.2) is 34.1 Å². The summed E-state index contributed by atoms with van der Waals surface area (Å²) in [6.45, 7) is 1.98. The van der Waals surface area contributed by atoms with Crippen LogP contribution in [0.3, 0.4) is 0 Å². The molecule has 1 aliphatic rings. The summed E-state index contributed by atoms with van der Waals surface area (Å²) in [5.74, 6) is 1.50. The molecule has 0 unspecified atom stereocenters. The fourth-order valence-electron chi connectivity index (χ4n) is 3.55. The van der Waals surface area contributed by atoms with Crippen molar-refractivity contribution in [3.05, 3.63) is 50.3 Å². The number of benzene rings is 1. The predicted molar refractivity (Wildman–Crippen MR) is 115 cm³/mol. The number of aryl methyl sites for hydroxylation is 1. The van der Waals surface area contributed by atoms with E-state index in [1.807, 2.05) is 30.5 Å². The summed E-state index contributed by atoms with van der Waals surface area (Å²) in [7, 11) is 1.65. The van der Waals surface area contributed by atoms with Crippen LogP contribution in [0.2, 0.25) is 0 Å². The molecule has 1 N–H and O–H groups in total. The molecule has 6 nitrogen and oxygen atoms in total. The van der Waals surface area contributed by atoms with Crippen LogP contribution in [0.1, 0.15) is 28.5 Å². The third-order valence-corrected chi connectivity index (χ3v) is 7.60. The van der Waals surface area contributed by atoms with Gasteiger partial charge in [-0.05, 0) is 47.1 Å². The Morgan fingerprint density at radius 3 is 2.96 bits per heavy atom. The Kier molecular flexibility index (Phi) is 4.26. The van der Waals surface area contributed by atoms with E-state index in [9.17, 15) is 4.79 Å². The van der Waals surface area contributed by atoms with Gasteiger partial charge in [0.25, 0.3) is 0 Å². The molecule has 4 aromatic rings. The lowest BCUT2D eigenvalue weighted by Crippen LogP contribution is -2.24. The van der Waals surface area contributed by atoms with E-state index in [1.165, 1.54) is 11.3 Å². The smallest absolute Gasteiger partial charge is 0.226 e. The second-order valence-corrected chi connectivity index (χ2v) is 9.43. The second kappa shape index (κ2) is 6.68. The molecule has 1 amide bonds. The van der Waals surface area contributed by atoms with E-state index >= 15 is 0 Å².